The molecule has 4 aromatic rings. The first-order valence-electron chi connectivity index (χ1n) is 9.02. The van der Waals surface area contributed by atoms with E-state index in [1.807, 2.05) is 54.6 Å². The first-order valence-corrected chi connectivity index (χ1v) is 9.83. The molecule has 0 aliphatic rings. The van der Waals surface area contributed by atoms with Gasteiger partial charge in [-0.05, 0) is 36.4 Å². The van der Waals surface area contributed by atoms with E-state index < -0.39 is 4.92 Å². The first-order chi connectivity index (χ1) is 14.6. The molecule has 0 bridgehead atoms. The van der Waals surface area contributed by atoms with Crippen LogP contribution in [0.1, 0.15) is 0 Å². The lowest BCUT2D eigenvalue weighted by atomic mass is 10.2. The molecule has 0 unspecified atom stereocenters. The number of aromatic nitrogens is 1. The zero-order valence-corrected chi connectivity index (χ0v) is 16.8. The molecule has 0 saturated carbocycles. The zero-order chi connectivity index (χ0) is 20.9. The van der Waals surface area contributed by atoms with Crippen LogP contribution in [0.5, 0.6) is 16.6 Å². The topological polar surface area (TPSA) is 86.5 Å². The van der Waals surface area contributed by atoms with E-state index in [9.17, 15) is 10.1 Å². The lowest BCUT2D eigenvalue weighted by Crippen LogP contribution is -1.90. The molecule has 1 heterocycles. The van der Waals surface area contributed by atoms with Gasteiger partial charge >= 0.3 is 0 Å². The molecule has 0 saturated heterocycles. The second kappa shape index (κ2) is 8.62. The summed E-state index contributed by atoms with van der Waals surface area (Å²) in [7, 11) is 1.62. The maximum Gasteiger partial charge on any atom is 0.269 e. The fraction of sp³-hybridized carbons (Fsp3) is 0.0455. The lowest BCUT2D eigenvalue weighted by Gasteiger charge is -2.05. The number of nitrogens with zero attached hydrogens (tertiary/aromatic N) is 2. The lowest BCUT2D eigenvalue weighted by molar-refractivity contribution is -0.384. The van der Waals surface area contributed by atoms with Crippen LogP contribution in [0.3, 0.4) is 0 Å². The number of hydrogen-bond acceptors (Lipinski definition) is 7. The molecule has 0 atom stereocenters. The van der Waals surface area contributed by atoms with Crippen LogP contribution >= 0.6 is 11.3 Å². The van der Waals surface area contributed by atoms with Gasteiger partial charge in [-0.2, -0.15) is 0 Å². The van der Waals surface area contributed by atoms with E-state index >= 15 is 0 Å². The molecule has 150 valence electrons. The average Bonchev–Trinajstić information content (AvgIpc) is 3.17. The van der Waals surface area contributed by atoms with Crippen molar-refractivity contribution in [1.82, 2.24) is 4.98 Å². The van der Waals surface area contributed by atoms with Gasteiger partial charge in [-0.15, -0.1) is 0 Å². The summed E-state index contributed by atoms with van der Waals surface area (Å²) in [4.78, 5) is 15.1. The molecule has 4 rings (SSSR count). The summed E-state index contributed by atoms with van der Waals surface area (Å²) in [5.41, 5.74) is 2.48. The van der Waals surface area contributed by atoms with Crippen molar-refractivity contribution in [2.75, 3.05) is 12.4 Å². The number of anilines is 2. The van der Waals surface area contributed by atoms with Gasteiger partial charge in [-0.3, -0.25) is 10.1 Å². The van der Waals surface area contributed by atoms with E-state index in [4.69, 9.17) is 14.5 Å². The van der Waals surface area contributed by atoms with Gasteiger partial charge in [0.05, 0.1) is 12.0 Å². The van der Waals surface area contributed by atoms with Crippen molar-refractivity contribution in [2.45, 2.75) is 0 Å². The second-order valence-electron chi connectivity index (χ2n) is 6.23. The number of nitrogens with one attached hydrogen (secondary N) is 1. The Morgan fingerprint density at radius 2 is 1.60 bits per heavy atom. The van der Waals surface area contributed by atoms with Crippen LogP contribution in [0.15, 0.2) is 78.9 Å². The molecule has 7 nitrogen and oxygen atoms in total. The Bertz CT molecular complexity index is 1140. The highest BCUT2D eigenvalue weighted by atomic mass is 32.1. The number of ether oxygens (including phenoxy) is 2. The molecule has 0 aliphatic carbocycles. The molecule has 0 spiro atoms. The van der Waals surface area contributed by atoms with Gasteiger partial charge in [-0.1, -0.05) is 41.7 Å². The summed E-state index contributed by atoms with van der Waals surface area (Å²) >= 11 is 1.35. The maximum atomic E-state index is 10.9. The van der Waals surface area contributed by atoms with E-state index in [1.165, 1.54) is 23.5 Å². The van der Waals surface area contributed by atoms with E-state index in [2.05, 4.69) is 5.32 Å². The van der Waals surface area contributed by atoms with Crippen LogP contribution in [0.25, 0.3) is 11.3 Å². The molecule has 1 aromatic heterocycles. The summed E-state index contributed by atoms with van der Waals surface area (Å²) in [5.74, 6) is 1.27. The number of nitro benzene ring substituents is 1. The van der Waals surface area contributed by atoms with Gasteiger partial charge in [0.1, 0.15) is 17.2 Å². The Morgan fingerprint density at radius 3 is 2.23 bits per heavy atom. The van der Waals surface area contributed by atoms with Gasteiger partial charge < -0.3 is 14.8 Å². The number of non-ortho nitro benzene ring substituents is 1. The summed E-state index contributed by atoms with van der Waals surface area (Å²) in [6.45, 7) is 0. The smallest absolute Gasteiger partial charge is 0.269 e. The Balaban J connectivity index is 1.64. The van der Waals surface area contributed by atoms with Crippen molar-refractivity contribution in [2.24, 2.45) is 0 Å². The number of benzene rings is 3. The zero-order valence-electron chi connectivity index (χ0n) is 15.9. The third-order valence-electron chi connectivity index (χ3n) is 4.24. The summed E-state index contributed by atoms with van der Waals surface area (Å²) in [6.07, 6.45) is 0. The molecule has 8 heteroatoms. The minimum atomic E-state index is -0.442. The molecule has 0 fully saturated rings. The van der Waals surface area contributed by atoms with Crippen molar-refractivity contribution in [1.29, 1.82) is 0 Å². The Kier molecular flexibility index (Phi) is 5.58. The molecule has 0 amide bonds. The molecular weight excluding hydrogens is 402 g/mol. The predicted octanol–water partition coefficient (Wildman–Crippen LogP) is 6.26. The molecule has 0 aliphatic heterocycles. The molecule has 30 heavy (non-hydrogen) atoms. The largest absolute Gasteiger partial charge is 0.497 e. The number of methoxy groups -OCH3 is 1. The summed E-state index contributed by atoms with van der Waals surface area (Å²) in [6, 6.07) is 23.2. The number of nitro groups is 1. The van der Waals surface area contributed by atoms with E-state index in [0.29, 0.717) is 21.6 Å². The highest BCUT2D eigenvalue weighted by molar-refractivity contribution is 7.18. The molecular formula is C22H17N3O4S. The fourth-order valence-corrected chi connectivity index (χ4v) is 3.63. The SMILES string of the molecule is COc1ccc(Nc2nc(-c3ccccc3)c(Oc3ccc([N+](=O)[O-])cc3)s2)cc1. The minimum absolute atomic E-state index is 0.0109. The normalized spacial score (nSPS) is 10.4. The third-order valence-corrected chi connectivity index (χ3v) is 5.09. The number of hydrogen-bond donors (Lipinski definition) is 1. The predicted molar refractivity (Wildman–Crippen MR) is 117 cm³/mol. The van der Waals surface area contributed by atoms with Crippen LogP contribution in [0, 0.1) is 10.1 Å². The van der Waals surface area contributed by atoms with Crippen molar-refractivity contribution >= 4 is 27.8 Å². The monoisotopic (exact) mass is 419 g/mol. The van der Waals surface area contributed by atoms with Crippen LogP contribution in [-0.4, -0.2) is 17.0 Å². The minimum Gasteiger partial charge on any atom is -0.497 e. The van der Waals surface area contributed by atoms with Crippen molar-refractivity contribution in [3.8, 4) is 27.8 Å². The van der Waals surface area contributed by atoms with Crippen molar-refractivity contribution < 1.29 is 14.4 Å². The number of thiazole rings is 1. The van der Waals surface area contributed by atoms with E-state index in [0.717, 1.165) is 17.0 Å². The van der Waals surface area contributed by atoms with Crippen molar-refractivity contribution in [3.05, 3.63) is 89.0 Å². The standard InChI is InChI=1S/C22H17N3O4S/c1-28-18-11-7-16(8-12-18)23-22-24-20(15-5-3-2-4-6-15)21(30-22)29-19-13-9-17(10-14-19)25(26)27/h2-14H,1H3,(H,23,24). The first kappa shape index (κ1) is 19.4. The number of rotatable bonds is 7. The summed E-state index contributed by atoms with van der Waals surface area (Å²) in [5, 5.41) is 15.4. The third kappa shape index (κ3) is 4.39. The van der Waals surface area contributed by atoms with E-state index in [1.54, 1.807) is 19.2 Å². The van der Waals surface area contributed by atoms with E-state index in [-0.39, 0.29) is 5.69 Å². The van der Waals surface area contributed by atoms with Gasteiger partial charge in [-0.25, -0.2) is 4.98 Å². The highest BCUT2D eigenvalue weighted by Crippen LogP contribution is 2.41. The molecule has 3 aromatic carbocycles. The van der Waals surface area contributed by atoms with Crippen LogP contribution in [0.4, 0.5) is 16.5 Å². The Morgan fingerprint density at radius 1 is 0.933 bits per heavy atom. The quantitative estimate of drug-likeness (QED) is 0.281. The Hall–Kier alpha value is -3.91. The molecule has 0 radical (unpaired) electrons. The Labute approximate surface area is 176 Å². The second-order valence-corrected chi connectivity index (χ2v) is 7.19. The van der Waals surface area contributed by atoms with Gasteiger partial charge in [0.15, 0.2) is 5.13 Å². The fourth-order valence-electron chi connectivity index (χ4n) is 2.75. The van der Waals surface area contributed by atoms with Gasteiger partial charge in [0.25, 0.3) is 5.69 Å². The van der Waals surface area contributed by atoms with Crippen LogP contribution in [0.2, 0.25) is 0 Å². The van der Waals surface area contributed by atoms with Gasteiger partial charge in [0.2, 0.25) is 5.06 Å². The van der Waals surface area contributed by atoms with Crippen LogP contribution in [-0.2, 0) is 0 Å². The van der Waals surface area contributed by atoms with Gasteiger partial charge in [0, 0.05) is 23.4 Å². The highest BCUT2D eigenvalue weighted by Gasteiger charge is 2.16. The summed E-state index contributed by atoms with van der Waals surface area (Å²) < 4.78 is 11.2. The maximum absolute atomic E-state index is 10.9. The average molecular weight is 419 g/mol. The van der Waals surface area contributed by atoms with Crippen molar-refractivity contribution in [3.63, 3.8) is 0 Å². The van der Waals surface area contributed by atoms with Crippen LogP contribution < -0.4 is 14.8 Å². The molecule has 1 N–H and O–H groups in total.